The van der Waals surface area contributed by atoms with Crippen molar-refractivity contribution in [1.82, 2.24) is 0 Å². The molecule has 0 fully saturated rings. The molecule has 0 aliphatic heterocycles. The summed E-state index contributed by atoms with van der Waals surface area (Å²) >= 11 is 0. The highest BCUT2D eigenvalue weighted by molar-refractivity contribution is 5.18. The minimum absolute atomic E-state index is 0.289. The lowest BCUT2D eigenvalue weighted by Gasteiger charge is -2.10. The van der Waals surface area contributed by atoms with Crippen LogP contribution in [0.25, 0.3) is 0 Å². The van der Waals surface area contributed by atoms with Crippen LogP contribution in [-0.4, -0.2) is 5.11 Å². The fourth-order valence-corrected chi connectivity index (χ4v) is 1.68. The maximum absolute atomic E-state index is 12.9. The maximum Gasteiger partial charge on any atom is 0.123 e. The van der Waals surface area contributed by atoms with Gasteiger partial charge in [-0.15, -0.1) is 6.58 Å². The molecule has 16 heavy (non-hydrogen) atoms. The summed E-state index contributed by atoms with van der Waals surface area (Å²) in [6.45, 7) is 3.66. The molecule has 0 heterocycles. The number of aliphatic hydroxyl groups excluding tert-OH is 1. The lowest BCUT2D eigenvalue weighted by Crippen LogP contribution is -1.97. The Balaban J connectivity index is 2.29. The van der Waals surface area contributed by atoms with E-state index in [-0.39, 0.29) is 5.82 Å². The van der Waals surface area contributed by atoms with Crippen LogP contribution >= 0.6 is 0 Å². The molecule has 0 amide bonds. The van der Waals surface area contributed by atoms with Gasteiger partial charge in [-0.3, -0.25) is 0 Å². The Hall–Kier alpha value is -1.15. The van der Waals surface area contributed by atoms with Crippen LogP contribution in [0.1, 0.15) is 43.8 Å². The molecule has 0 saturated carbocycles. The third kappa shape index (κ3) is 4.58. The van der Waals surface area contributed by atoms with E-state index in [9.17, 15) is 9.50 Å². The van der Waals surface area contributed by atoms with Gasteiger partial charge in [0.15, 0.2) is 0 Å². The number of hydrogen-bond acceptors (Lipinski definition) is 1. The van der Waals surface area contributed by atoms with E-state index < -0.39 is 6.10 Å². The van der Waals surface area contributed by atoms with Crippen LogP contribution in [0.2, 0.25) is 0 Å². The Morgan fingerprint density at radius 1 is 1.31 bits per heavy atom. The molecule has 1 N–H and O–H groups in total. The molecular formula is C14H19FO. The molecule has 2 heteroatoms. The Morgan fingerprint density at radius 2 is 2.12 bits per heavy atom. The van der Waals surface area contributed by atoms with E-state index in [1.54, 1.807) is 12.1 Å². The number of halogens is 1. The smallest absolute Gasteiger partial charge is 0.123 e. The number of benzene rings is 1. The quantitative estimate of drug-likeness (QED) is 0.546. The van der Waals surface area contributed by atoms with Crippen molar-refractivity contribution < 1.29 is 9.50 Å². The molecule has 0 bridgehead atoms. The summed E-state index contributed by atoms with van der Waals surface area (Å²) in [5, 5.41) is 9.81. The van der Waals surface area contributed by atoms with Gasteiger partial charge < -0.3 is 5.11 Å². The van der Waals surface area contributed by atoms with Crippen LogP contribution in [0.5, 0.6) is 0 Å². The zero-order valence-corrected chi connectivity index (χ0v) is 9.53. The number of hydrogen-bond donors (Lipinski definition) is 1. The summed E-state index contributed by atoms with van der Waals surface area (Å²) in [6, 6.07) is 6.18. The molecule has 0 spiro atoms. The van der Waals surface area contributed by atoms with Crippen molar-refractivity contribution >= 4 is 0 Å². The molecule has 0 aromatic heterocycles. The second-order valence-electron chi connectivity index (χ2n) is 4.00. The summed E-state index contributed by atoms with van der Waals surface area (Å²) in [7, 11) is 0. The van der Waals surface area contributed by atoms with Crippen molar-refractivity contribution in [3.8, 4) is 0 Å². The zero-order chi connectivity index (χ0) is 11.8. The normalized spacial score (nSPS) is 12.4. The van der Waals surface area contributed by atoms with Crippen molar-refractivity contribution in [2.45, 2.75) is 38.2 Å². The number of unbranched alkanes of at least 4 members (excludes halogenated alkanes) is 3. The van der Waals surface area contributed by atoms with Crippen LogP contribution < -0.4 is 0 Å². The first-order valence-electron chi connectivity index (χ1n) is 5.78. The fraction of sp³-hybridized carbons (Fsp3) is 0.429. The van der Waals surface area contributed by atoms with Gasteiger partial charge in [0.25, 0.3) is 0 Å². The van der Waals surface area contributed by atoms with Gasteiger partial charge in [0, 0.05) is 0 Å². The summed E-state index contributed by atoms with van der Waals surface area (Å²) < 4.78 is 12.9. The van der Waals surface area contributed by atoms with Gasteiger partial charge >= 0.3 is 0 Å². The lowest BCUT2D eigenvalue weighted by atomic mass is 10.0. The van der Waals surface area contributed by atoms with Crippen LogP contribution in [0.4, 0.5) is 4.39 Å². The first-order valence-corrected chi connectivity index (χ1v) is 5.78. The molecule has 88 valence electrons. The molecular weight excluding hydrogens is 203 g/mol. The minimum Gasteiger partial charge on any atom is -0.388 e. The Labute approximate surface area is 96.6 Å². The summed E-state index contributed by atoms with van der Waals surface area (Å²) in [4.78, 5) is 0. The van der Waals surface area contributed by atoms with E-state index in [0.29, 0.717) is 12.0 Å². The summed E-state index contributed by atoms with van der Waals surface area (Å²) in [5.41, 5.74) is 0.670. The number of rotatable bonds is 7. The molecule has 0 saturated heterocycles. The highest BCUT2D eigenvalue weighted by Crippen LogP contribution is 2.20. The van der Waals surface area contributed by atoms with E-state index in [0.717, 1.165) is 25.7 Å². The Bertz CT molecular complexity index is 322. The van der Waals surface area contributed by atoms with Gasteiger partial charge in [0.1, 0.15) is 5.82 Å². The predicted molar refractivity (Wildman–Crippen MR) is 64.6 cm³/mol. The molecule has 1 aromatic rings. The van der Waals surface area contributed by atoms with Crippen molar-refractivity contribution in [3.05, 3.63) is 48.3 Å². The highest BCUT2D eigenvalue weighted by atomic mass is 19.1. The zero-order valence-electron chi connectivity index (χ0n) is 9.53. The van der Waals surface area contributed by atoms with Gasteiger partial charge in [-0.2, -0.15) is 0 Å². The van der Waals surface area contributed by atoms with E-state index in [2.05, 4.69) is 6.58 Å². The second-order valence-corrected chi connectivity index (χ2v) is 4.00. The SMILES string of the molecule is C=CCCCCCC(O)c1cccc(F)c1. The average molecular weight is 222 g/mol. The van der Waals surface area contributed by atoms with E-state index in [1.807, 2.05) is 6.08 Å². The molecule has 1 rings (SSSR count). The third-order valence-electron chi connectivity index (χ3n) is 2.62. The predicted octanol–water partition coefficient (Wildman–Crippen LogP) is 4.00. The topological polar surface area (TPSA) is 20.2 Å². The Kier molecular flexibility index (Phi) is 5.79. The van der Waals surface area contributed by atoms with Gasteiger partial charge in [-0.25, -0.2) is 4.39 Å². The molecule has 0 radical (unpaired) electrons. The standard InChI is InChI=1S/C14H19FO/c1-2-3-4-5-6-10-14(16)12-8-7-9-13(15)11-12/h2,7-9,11,14,16H,1,3-6,10H2. The molecule has 1 aromatic carbocycles. The molecule has 1 nitrogen and oxygen atoms in total. The first kappa shape index (κ1) is 12.9. The Morgan fingerprint density at radius 3 is 2.81 bits per heavy atom. The molecule has 1 atom stereocenters. The number of aliphatic hydroxyl groups is 1. The molecule has 0 aliphatic carbocycles. The van der Waals surface area contributed by atoms with Crippen LogP contribution in [-0.2, 0) is 0 Å². The van der Waals surface area contributed by atoms with E-state index in [4.69, 9.17) is 0 Å². The largest absolute Gasteiger partial charge is 0.388 e. The van der Waals surface area contributed by atoms with Crippen molar-refractivity contribution in [2.75, 3.05) is 0 Å². The monoisotopic (exact) mass is 222 g/mol. The van der Waals surface area contributed by atoms with Crippen molar-refractivity contribution in [2.24, 2.45) is 0 Å². The highest BCUT2D eigenvalue weighted by Gasteiger charge is 2.07. The molecule has 1 unspecified atom stereocenters. The average Bonchev–Trinajstić information content (AvgIpc) is 2.28. The van der Waals surface area contributed by atoms with Gasteiger partial charge in [-0.05, 0) is 37.0 Å². The van der Waals surface area contributed by atoms with Gasteiger partial charge in [0.05, 0.1) is 6.10 Å². The van der Waals surface area contributed by atoms with Gasteiger partial charge in [0.2, 0.25) is 0 Å². The number of allylic oxidation sites excluding steroid dienone is 1. The minimum atomic E-state index is -0.542. The van der Waals surface area contributed by atoms with Crippen LogP contribution in [0.15, 0.2) is 36.9 Å². The van der Waals surface area contributed by atoms with Crippen LogP contribution in [0.3, 0.4) is 0 Å². The first-order chi connectivity index (χ1) is 7.74. The lowest BCUT2D eigenvalue weighted by molar-refractivity contribution is 0.163. The second kappa shape index (κ2) is 7.18. The van der Waals surface area contributed by atoms with E-state index in [1.165, 1.54) is 12.1 Å². The molecule has 0 aliphatic rings. The van der Waals surface area contributed by atoms with E-state index >= 15 is 0 Å². The van der Waals surface area contributed by atoms with Crippen molar-refractivity contribution in [3.63, 3.8) is 0 Å². The third-order valence-corrected chi connectivity index (χ3v) is 2.62. The van der Waals surface area contributed by atoms with Crippen molar-refractivity contribution in [1.29, 1.82) is 0 Å². The summed E-state index contributed by atoms with van der Waals surface area (Å²) in [5.74, 6) is -0.289. The fourth-order valence-electron chi connectivity index (χ4n) is 1.68. The van der Waals surface area contributed by atoms with Crippen LogP contribution in [0, 0.1) is 5.82 Å². The summed E-state index contributed by atoms with van der Waals surface area (Å²) in [6.07, 6.45) is 6.24. The maximum atomic E-state index is 12.9. The van der Waals surface area contributed by atoms with Gasteiger partial charge in [-0.1, -0.05) is 31.1 Å².